The fourth-order valence-corrected chi connectivity index (χ4v) is 2.28. The lowest BCUT2D eigenvalue weighted by atomic mass is 9.95. The minimum absolute atomic E-state index is 0.152. The van der Waals surface area contributed by atoms with Crippen LogP contribution in [0.4, 0.5) is 0 Å². The van der Waals surface area contributed by atoms with Crippen LogP contribution >= 0.6 is 0 Å². The van der Waals surface area contributed by atoms with Gasteiger partial charge in [-0.1, -0.05) is 6.58 Å². The van der Waals surface area contributed by atoms with Gasteiger partial charge < -0.3 is 9.29 Å². The molecule has 1 aliphatic heterocycles. The van der Waals surface area contributed by atoms with Crippen LogP contribution in [0, 0.1) is 0 Å². The van der Waals surface area contributed by atoms with Crippen LogP contribution in [0.25, 0.3) is 0 Å². The zero-order valence-corrected chi connectivity index (χ0v) is 10.2. The quantitative estimate of drug-likeness (QED) is 0.548. The Morgan fingerprint density at radius 2 is 2.12 bits per heavy atom. The van der Waals surface area contributed by atoms with Crippen LogP contribution in [0.15, 0.2) is 17.6 Å². The minimum Gasteiger partial charge on any atom is -0.725 e. The van der Waals surface area contributed by atoms with Gasteiger partial charge in [-0.25, -0.2) is 17.6 Å². The second kappa shape index (κ2) is 3.83. The molecule has 0 saturated carbocycles. The normalized spacial score (nSPS) is 29.1. The van der Waals surface area contributed by atoms with Crippen molar-refractivity contribution < 1.29 is 21.9 Å². The van der Waals surface area contributed by atoms with Crippen molar-refractivity contribution in [3.8, 4) is 0 Å². The fourth-order valence-electron chi connectivity index (χ4n) is 1.75. The summed E-state index contributed by atoms with van der Waals surface area (Å²) in [4.78, 5) is 4.16. The van der Waals surface area contributed by atoms with E-state index in [0.717, 1.165) is 0 Å². The van der Waals surface area contributed by atoms with Crippen molar-refractivity contribution in [3.63, 3.8) is 0 Å². The average molecular weight is 248 g/mol. The lowest BCUT2D eigenvalue weighted by molar-refractivity contribution is -0.133. The summed E-state index contributed by atoms with van der Waals surface area (Å²) >= 11 is 0. The van der Waals surface area contributed by atoms with Gasteiger partial charge in [0.05, 0.1) is 5.54 Å². The van der Waals surface area contributed by atoms with Gasteiger partial charge in [0, 0.05) is 13.3 Å². The highest BCUT2D eigenvalue weighted by atomic mass is 32.3. The second-order valence-electron chi connectivity index (χ2n) is 4.37. The fraction of sp³-hybridized carbons (Fsp3) is 0.667. The van der Waals surface area contributed by atoms with Crippen molar-refractivity contribution in [2.45, 2.75) is 38.5 Å². The number of hydrogen-bond donors (Lipinski definition) is 0. The molecular formula is C9H14NO5S-. The van der Waals surface area contributed by atoms with E-state index in [2.05, 4.69) is 15.8 Å². The third-order valence-corrected chi connectivity index (χ3v) is 2.50. The first kappa shape index (κ1) is 13.1. The van der Waals surface area contributed by atoms with E-state index in [-0.39, 0.29) is 12.3 Å². The maximum absolute atomic E-state index is 10.6. The van der Waals surface area contributed by atoms with E-state index >= 15 is 0 Å². The minimum atomic E-state index is -4.83. The molecule has 16 heavy (non-hydrogen) atoms. The van der Waals surface area contributed by atoms with Crippen molar-refractivity contribution in [1.82, 2.24) is 0 Å². The molecule has 0 spiro atoms. The molecule has 1 unspecified atom stereocenters. The molecule has 0 bridgehead atoms. The lowest BCUT2D eigenvalue weighted by Crippen LogP contribution is -2.46. The predicted octanol–water partition coefficient (Wildman–Crippen LogP) is 0.963. The van der Waals surface area contributed by atoms with Gasteiger partial charge in [0.25, 0.3) is 0 Å². The van der Waals surface area contributed by atoms with Gasteiger partial charge in [0.15, 0.2) is 0 Å². The molecule has 0 N–H and O–H groups in total. The Kier molecular flexibility index (Phi) is 3.15. The zero-order valence-electron chi connectivity index (χ0n) is 9.39. The highest BCUT2D eigenvalue weighted by Gasteiger charge is 2.41. The molecule has 7 heteroatoms. The summed E-state index contributed by atoms with van der Waals surface area (Å²) in [7, 11) is -4.83. The first-order chi connectivity index (χ1) is 7.05. The van der Waals surface area contributed by atoms with E-state index in [1.54, 1.807) is 13.8 Å². The van der Waals surface area contributed by atoms with Crippen LogP contribution in [0.5, 0.6) is 0 Å². The Labute approximate surface area is 94.9 Å². The summed E-state index contributed by atoms with van der Waals surface area (Å²) < 4.78 is 41.3. The van der Waals surface area contributed by atoms with Crippen molar-refractivity contribution in [2.24, 2.45) is 4.99 Å². The molecule has 0 aromatic carbocycles. The molecule has 6 nitrogen and oxygen atoms in total. The Morgan fingerprint density at radius 1 is 1.56 bits per heavy atom. The molecule has 92 valence electrons. The molecule has 0 saturated heterocycles. The van der Waals surface area contributed by atoms with Crippen LogP contribution in [-0.4, -0.2) is 30.2 Å². The SMILES string of the molecule is C=CC1=NC(C)(C)CC(C)(OS(=O)(=O)[O-])O1. The van der Waals surface area contributed by atoms with Crippen molar-refractivity contribution in [2.75, 3.05) is 0 Å². The molecule has 0 amide bonds. The second-order valence-corrected chi connectivity index (χ2v) is 5.35. The van der Waals surface area contributed by atoms with Gasteiger partial charge in [0.1, 0.15) is 0 Å². The Hall–Kier alpha value is -0.920. The molecule has 1 aliphatic rings. The molecule has 0 fully saturated rings. The molecule has 1 atom stereocenters. The van der Waals surface area contributed by atoms with Crippen LogP contribution in [0.2, 0.25) is 0 Å². The Bertz CT molecular complexity index is 425. The molecule has 0 radical (unpaired) electrons. The van der Waals surface area contributed by atoms with Crippen molar-refractivity contribution in [1.29, 1.82) is 0 Å². The van der Waals surface area contributed by atoms with Gasteiger partial charge in [-0.3, -0.25) is 0 Å². The number of ether oxygens (including phenoxy) is 1. The largest absolute Gasteiger partial charge is 0.725 e. The van der Waals surface area contributed by atoms with Crippen molar-refractivity contribution >= 4 is 16.3 Å². The van der Waals surface area contributed by atoms with E-state index in [0.29, 0.717) is 0 Å². The van der Waals surface area contributed by atoms with Gasteiger partial charge >= 0.3 is 0 Å². The smallest absolute Gasteiger partial charge is 0.227 e. The zero-order chi connectivity index (χ0) is 12.6. The molecule has 1 heterocycles. The predicted molar refractivity (Wildman–Crippen MR) is 56.6 cm³/mol. The summed E-state index contributed by atoms with van der Waals surface area (Å²) in [5, 5.41) is 0. The lowest BCUT2D eigenvalue weighted by Gasteiger charge is -2.39. The standard InChI is InChI=1S/C9H15NO5S/c1-5-7-10-8(2,3)6-9(4,14-7)15-16(11,12)13/h5H,1,6H2,2-4H3,(H,11,12,13)/p-1. The van der Waals surface area contributed by atoms with E-state index in [1.165, 1.54) is 13.0 Å². The van der Waals surface area contributed by atoms with Crippen LogP contribution in [-0.2, 0) is 19.3 Å². The highest BCUT2D eigenvalue weighted by Crippen LogP contribution is 2.33. The van der Waals surface area contributed by atoms with E-state index in [9.17, 15) is 13.0 Å². The van der Waals surface area contributed by atoms with Gasteiger partial charge in [-0.05, 0) is 19.9 Å². The Balaban J connectivity index is 3.02. The van der Waals surface area contributed by atoms with Crippen LogP contribution < -0.4 is 0 Å². The average Bonchev–Trinajstić information content (AvgIpc) is 1.95. The van der Waals surface area contributed by atoms with Gasteiger partial charge in [0.2, 0.25) is 22.1 Å². The summed E-state index contributed by atoms with van der Waals surface area (Å²) in [5.74, 6) is -1.38. The molecule has 0 aromatic rings. The van der Waals surface area contributed by atoms with E-state index < -0.39 is 21.7 Å². The molecular weight excluding hydrogens is 234 g/mol. The monoisotopic (exact) mass is 248 g/mol. The van der Waals surface area contributed by atoms with E-state index in [1.807, 2.05) is 0 Å². The number of nitrogens with zero attached hydrogens (tertiary/aromatic N) is 1. The van der Waals surface area contributed by atoms with Gasteiger partial charge in [-0.15, -0.1) is 0 Å². The maximum atomic E-state index is 10.6. The van der Waals surface area contributed by atoms with Crippen LogP contribution in [0.1, 0.15) is 27.2 Å². The molecule has 0 aromatic heterocycles. The number of rotatable bonds is 3. The first-order valence-electron chi connectivity index (χ1n) is 4.63. The number of aliphatic imine (C=N–C) groups is 1. The third kappa shape index (κ3) is 3.58. The first-order valence-corrected chi connectivity index (χ1v) is 5.96. The van der Waals surface area contributed by atoms with E-state index in [4.69, 9.17) is 4.74 Å². The number of hydrogen-bond acceptors (Lipinski definition) is 6. The van der Waals surface area contributed by atoms with Gasteiger partial charge in [-0.2, -0.15) is 0 Å². The Morgan fingerprint density at radius 3 is 2.56 bits per heavy atom. The molecule has 1 rings (SSSR count). The summed E-state index contributed by atoms with van der Waals surface area (Å²) in [6, 6.07) is 0. The van der Waals surface area contributed by atoms with Crippen LogP contribution in [0.3, 0.4) is 0 Å². The highest BCUT2D eigenvalue weighted by molar-refractivity contribution is 7.80. The summed E-state index contributed by atoms with van der Waals surface area (Å²) in [5.41, 5.74) is -0.582. The van der Waals surface area contributed by atoms with Crippen molar-refractivity contribution in [3.05, 3.63) is 12.7 Å². The topological polar surface area (TPSA) is 88.0 Å². The summed E-state index contributed by atoms with van der Waals surface area (Å²) in [6.07, 6.45) is 1.48. The third-order valence-electron chi connectivity index (χ3n) is 1.94. The molecule has 0 aliphatic carbocycles. The summed E-state index contributed by atoms with van der Waals surface area (Å²) in [6.45, 7) is 8.40. The maximum Gasteiger partial charge on any atom is 0.227 e.